The van der Waals surface area contributed by atoms with Crippen molar-refractivity contribution in [1.29, 1.82) is 0 Å². The molecule has 2 nitrogen and oxygen atoms in total. The first-order valence-electron chi connectivity index (χ1n) is 5.38. The van der Waals surface area contributed by atoms with Crippen molar-refractivity contribution in [2.75, 3.05) is 7.05 Å². The van der Waals surface area contributed by atoms with E-state index in [9.17, 15) is 5.11 Å². The maximum Gasteiger partial charge on any atom is 0.0575 e. The molecule has 2 atom stereocenters. The van der Waals surface area contributed by atoms with Gasteiger partial charge in [-0.1, -0.05) is 0 Å². The fourth-order valence-electron chi connectivity index (χ4n) is 3.40. The van der Waals surface area contributed by atoms with Crippen LogP contribution in [0.1, 0.15) is 46.0 Å². The molecule has 13 heavy (non-hydrogen) atoms. The Morgan fingerprint density at radius 3 is 2.08 bits per heavy atom. The summed E-state index contributed by atoms with van der Waals surface area (Å²) in [6, 6.07) is 0. The maximum atomic E-state index is 9.84. The van der Waals surface area contributed by atoms with Crippen LogP contribution in [0.2, 0.25) is 0 Å². The minimum Gasteiger partial charge on any atom is -0.393 e. The zero-order valence-electron chi connectivity index (χ0n) is 9.01. The van der Waals surface area contributed by atoms with Crippen molar-refractivity contribution >= 4 is 0 Å². The van der Waals surface area contributed by atoms with Crippen LogP contribution in [-0.2, 0) is 0 Å². The molecule has 0 aromatic heterocycles. The molecular weight excluding hydrogens is 162 g/mol. The van der Waals surface area contributed by atoms with Crippen LogP contribution in [0.4, 0.5) is 0 Å². The lowest BCUT2D eigenvalue weighted by Gasteiger charge is -2.59. The molecule has 1 N–H and O–H groups in total. The van der Waals surface area contributed by atoms with Gasteiger partial charge in [-0.2, -0.15) is 0 Å². The fourth-order valence-corrected chi connectivity index (χ4v) is 3.40. The van der Waals surface area contributed by atoms with E-state index in [-0.39, 0.29) is 17.2 Å². The van der Waals surface area contributed by atoms with E-state index >= 15 is 0 Å². The number of nitrogens with zero attached hydrogens (tertiary/aromatic N) is 1. The Hall–Kier alpha value is -0.0800. The third-order valence-corrected chi connectivity index (χ3v) is 4.40. The number of aliphatic hydroxyl groups excluding tert-OH is 1. The molecule has 2 aliphatic heterocycles. The Morgan fingerprint density at radius 2 is 1.62 bits per heavy atom. The van der Waals surface area contributed by atoms with Gasteiger partial charge in [0.15, 0.2) is 0 Å². The molecule has 76 valence electrons. The highest BCUT2D eigenvalue weighted by molar-refractivity contribution is 5.05. The first kappa shape index (κ1) is 9.47. The fraction of sp³-hybridized carbons (Fsp3) is 1.00. The van der Waals surface area contributed by atoms with Crippen molar-refractivity contribution in [3.8, 4) is 0 Å². The lowest BCUT2D eigenvalue weighted by Crippen LogP contribution is -2.64. The monoisotopic (exact) mass is 183 g/mol. The molecule has 0 aromatic carbocycles. The number of hydrogen-bond acceptors (Lipinski definition) is 2. The van der Waals surface area contributed by atoms with Crippen molar-refractivity contribution in [3.63, 3.8) is 0 Å². The number of aliphatic hydroxyl groups is 1. The molecule has 2 heteroatoms. The summed E-state index contributed by atoms with van der Waals surface area (Å²) in [7, 11) is 2.23. The zero-order chi connectivity index (χ0) is 9.69. The van der Waals surface area contributed by atoms with E-state index < -0.39 is 0 Å². The number of rotatable bonds is 0. The van der Waals surface area contributed by atoms with Crippen molar-refractivity contribution in [1.82, 2.24) is 4.90 Å². The Kier molecular flexibility index (Phi) is 1.97. The summed E-state index contributed by atoms with van der Waals surface area (Å²) in [5.74, 6) is 0. The molecule has 0 spiro atoms. The normalized spacial score (nSPS) is 52.2. The third-order valence-electron chi connectivity index (χ3n) is 4.40. The third kappa shape index (κ3) is 1.31. The van der Waals surface area contributed by atoms with Gasteiger partial charge in [0.2, 0.25) is 0 Å². The van der Waals surface area contributed by atoms with Crippen LogP contribution in [0.15, 0.2) is 0 Å². The predicted molar refractivity (Wildman–Crippen MR) is 53.7 cm³/mol. The van der Waals surface area contributed by atoms with Crippen LogP contribution < -0.4 is 0 Å². The van der Waals surface area contributed by atoms with Crippen LogP contribution in [0.5, 0.6) is 0 Å². The Balaban J connectivity index is 2.29. The largest absolute Gasteiger partial charge is 0.393 e. The topological polar surface area (TPSA) is 23.5 Å². The predicted octanol–water partition coefficient (Wildman–Crippen LogP) is 1.77. The van der Waals surface area contributed by atoms with Gasteiger partial charge in [-0.15, -0.1) is 0 Å². The maximum absolute atomic E-state index is 9.84. The second-order valence-corrected chi connectivity index (χ2v) is 5.47. The number of piperidine rings is 2. The van der Waals surface area contributed by atoms with Gasteiger partial charge in [-0.25, -0.2) is 0 Å². The summed E-state index contributed by atoms with van der Waals surface area (Å²) in [5, 5.41) is 9.84. The first-order valence-corrected chi connectivity index (χ1v) is 5.38. The number of fused-ring (bicyclic) bond motifs is 2. The number of hydrogen-bond donors (Lipinski definition) is 1. The highest BCUT2D eigenvalue weighted by Gasteiger charge is 2.49. The zero-order valence-corrected chi connectivity index (χ0v) is 9.01. The van der Waals surface area contributed by atoms with Crippen molar-refractivity contribution in [2.24, 2.45) is 0 Å². The minimum absolute atomic E-state index is 0.0773. The summed E-state index contributed by atoms with van der Waals surface area (Å²) >= 11 is 0. The molecule has 2 saturated heterocycles. The lowest BCUT2D eigenvalue weighted by atomic mass is 9.68. The average Bonchev–Trinajstić information content (AvgIpc) is 1.97. The minimum atomic E-state index is -0.0773. The van der Waals surface area contributed by atoms with Crippen molar-refractivity contribution in [3.05, 3.63) is 0 Å². The van der Waals surface area contributed by atoms with E-state index in [1.54, 1.807) is 0 Å². The van der Waals surface area contributed by atoms with Gasteiger partial charge in [0.05, 0.1) is 6.10 Å². The van der Waals surface area contributed by atoms with E-state index in [4.69, 9.17) is 0 Å². The van der Waals surface area contributed by atoms with Gasteiger partial charge in [0.1, 0.15) is 0 Å². The Bertz CT molecular complexity index is 198. The quantitative estimate of drug-likeness (QED) is 0.618. The molecule has 0 amide bonds. The molecule has 0 aromatic rings. The Labute approximate surface area is 80.9 Å². The van der Waals surface area contributed by atoms with Crippen LogP contribution in [0.25, 0.3) is 0 Å². The molecule has 2 bridgehead atoms. The molecule has 2 aliphatic rings. The van der Waals surface area contributed by atoms with Crippen molar-refractivity contribution < 1.29 is 5.11 Å². The molecule has 2 rings (SSSR count). The van der Waals surface area contributed by atoms with Gasteiger partial charge in [-0.3, -0.25) is 4.90 Å². The standard InChI is InChI=1S/C11H21NO/c1-10-5-4-6-11(2,12(10)3)8-9(13)7-10/h9,13H,4-8H2,1-3H3. The van der Waals surface area contributed by atoms with Crippen LogP contribution in [0.3, 0.4) is 0 Å². The SMILES string of the molecule is CN1C2(C)CCCC1(C)CC(O)C2. The highest BCUT2D eigenvalue weighted by Crippen LogP contribution is 2.46. The van der Waals surface area contributed by atoms with Crippen LogP contribution >= 0.6 is 0 Å². The summed E-state index contributed by atoms with van der Waals surface area (Å²) in [4.78, 5) is 2.51. The van der Waals surface area contributed by atoms with E-state index in [1.807, 2.05) is 0 Å². The van der Waals surface area contributed by atoms with Crippen LogP contribution in [0, 0.1) is 0 Å². The second kappa shape index (κ2) is 2.71. The summed E-state index contributed by atoms with van der Waals surface area (Å²) in [6.07, 6.45) is 5.65. The van der Waals surface area contributed by atoms with E-state index in [0.717, 1.165) is 12.8 Å². The second-order valence-electron chi connectivity index (χ2n) is 5.47. The molecule has 0 saturated carbocycles. The molecule has 0 radical (unpaired) electrons. The molecule has 2 fully saturated rings. The van der Waals surface area contributed by atoms with Crippen LogP contribution in [-0.4, -0.2) is 34.2 Å². The van der Waals surface area contributed by atoms with E-state index in [0.29, 0.717) is 0 Å². The van der Waals surface area contributed by atoms with E-state index in [2.05, 4.69) is 25.8 Å². The van der Waals surface area contributed by atoms with Gasteiger partial charge < -0.3 is 5.11 Å². The van der Waals surface area contributed by atoms with E-state index in [1.165, 1.54) is 19.3 Å². The summed E-state index contributed by atoms with van der Waals surface area (Å²) in [5.41, 5.74) is 0.509. The summed E-state index contributed by atoms with van der Waals surface area (Å²) < 4.78 is 0. The van der Waals surface area contributed by atoms with Gasteiger partial charge in [-0.05, 0) is 53.0 Å². The van der Waals surface area contributed by atoms with Gasteiger partial charge in [0, 0.05) is 11.1 Å². The molecule has 0 aliphatic carbocycles. The van der Waals surface area contributed by atoms with Gasteiger partial charge >= 0.3 is 0 Å². The smallest absolute Gasteiger partial charge is 0.0575 e. The Morgan fingerprint density at radius 1 is 1.15 bits per heavy atom. The summed E-state index contributed by atoms with van der Waals surface area (Å²) in [6.45, 7) is 4.60. The first-order chi connectivity index (χ1) is 5.96. The van der Waals surface area contributed by atoms with Crippen molar-refractivity contribution in [2.45, 2.75) is 63.1 Å². The molecule has 2 heterocycles. The average molecular weight is 183 g/mol. The molecular formula is C11H21NO. The molecule has 2 unspecified atom stereocenters. The van der Waals surface area contributed by atoms with Gasteiger partial charge in [0.25, 0.3) is 0 Å². The lowest BCUT2D eigenvalue weighted by molar-refractivity contribution is -0.110. The highest BCUT2D eigenvalue weighted by atomic mass is 16.3.